The van der Waals surface area contributed by atoms with Gasteiger partial charge in [-0.2, -0.15) is 0 Å². The number of hydrogen-bond donors (Lipinski definition) is 0. The Hall–Kier alpha value is -1.70. The summed E-state index contributed by atoms with van der Waals surface area (Å²) < 4.78 is 0. The molecular weight excluding hydrogens is 344 g/mol. The van der Waals surface area contributed by atoms with Gasteiger partial charge in [0.2, 0.25) is 0 Å². The molecule has 0 aliphatic rings. The van der Waals surface area contributed by atoms with E-state index in [1.807, 2.05) is 13.8 Å². The number of benzene rings is 1. The van der Waals surface area contributed by atoms with E-state index >= 15 is 0 Å². The SMILES string of the molecule is C/C=C/c1cc(CCCCCC(=O)CC)c(C)cc1CCCCCC(=O)CC. The van der Waals surface area contributed by atoms with E-state index in [4.69, 9.17) is 0 Å². The second-order valence-corrected chi connectivity index (χ2v) is 7.88. The van der Waals surface area contributed by atoms with Gasteiger partial charge in [0.25, 0.3) is 0 Å². The van der Waals surface area contributed by atoms with E-state index in [1.165, 1.54) is 22.3 Å². The standard InChI is InChI=1S/C26H40O2/c1-5-14-23-20-22(15-10-8-12-17-25(27)6-2)21(4)19-24(23)16-11-9-13-18-26(28)7-3/h5,14,19-20H,6-13,15-18H2,1-4H3/b14-5+. The van der Waals surface area contributed by atoms with E-state index in [-0.39, 0.29) is 0 Å². The van der Waals surface area contributed by atoms with Crippen LogP contribution in [0.3, 0.4) is 0 Å². The number of Topliss-reactive ketones (excluding diaryl/α,β-unsaturated/α-hetero) is 2. The Morgan fingerprint density at radius 2 is 1.32 bits per heavy atom. The molecular formula is C26H40O2. The lowest BCUT2D eigenvalue weighted by Crippen LogP contribution is -1.99. The van der Waals surface area contributed by atoms with Gasteiger partial charge < -0.3 is 0 Å². The summed E-state index contributed by atoms with van der Waals surface area (Å²) in [6, 6.07) is 4.73. The number of carbonyl (C=O) groups excluding carboxylic acids is 2. The van der Waals surface area contributed by atoms with Gasteiger partial charge in [0.05, 0.1) is 0 Å². The summed E-state index contributed by atoms with van der Waals surface area (Å²) in [6.07, 6.45) is 15.9. The summed E-state index contributed by atoms with van der Waals surface area (Å²) in [5.41, 5.74) is 5.59. The highest BCUT2D eigenvalue weighted by atomic mass is 16.1. The first-order valence-corrected chi connectivity index (χ1v) is 11.3. The van der Waals surface area contributed by atoms with Gasteiger partial charge in [0.1, 0.15) is 11.6 Å². The average Bonchev–Trinajstić information content (AvgIpc) is 2.69. The van der Waals surface area contributed by atoms with Crippen molar-refractivity contribution in [1.82, 2.24) is 0 Å². The van der Waals surface area contributed by atoms with Crippen LogP contribution in [-0.4, -0.2) is 11.6 Å². The van der Waals surface area contributed by atoms with Crippen LogP contribution in [-0.2, 0) is 22.4 Å². The van der Waals surface area contributed by atoms with E-state index in [1.54, 1.807) is 0 Å². The van der Waals surface area contributed by atoms with Crippen LogP contribution < -0.4 is 0 Å². The molecule has 0 spiro atoms. The second kappa shape index (κ2) is 14.3. The largest absolute Gasteiger partial charge is 0.300 e. The molecule has 0 bridgehead atoms. The highest BCUT2D eigenvalue weighted by Gasteiger charge is 2.07. The lowest BCUT2D eigenvalue weighted by Gasteiger charge is -2.13. The van der Waals surface area contributed by atoms with Crippen molar-refractivity contribution in [2.75, 3.05) is 0 Å². The molecule has 0 N–H and O–H groups in total. The number of rotatable bonds is 15. The predicted molar refractivity (Wildman–Crippen MR) is 121 cm³/mol. The van der Waals surface area contributed by atoms with Gasteiger partial charge in [0.15, 0.2) is 0 Å². The first-order chi connectivity index (χ1) is 13.5. The molecule has 0 aromatic heterocycles. The third-order valence-electron chi connectivity index (χ3n) is 5.54. The van der Waals surface area contributed by atoms with Crippen LogP contribution in [0.5, 0.6) is 0 Å². The Balaban J connectivity index is 2.57. The monoisotopic (exact) mass is 384 g/mol. The van der Waals surface area contributed by atoms with Crippen molar-refractivity contribution < 1.29 is 9.59 Å². The fourth-order valence-corrected chi connectivity index (χ4v) is 3.63. The topological polar surface area (TPSA) is 34.1 Å². The van der Waals surface area contributed by atoms with Gasteiger partial charge >= 0.3 is 0 Å². The molecule has 0 fully saturated rings. The van der Waals surface area contributed by atoms with Gasteiger partial charge in [-0.05, 0) is 74.6 Å². The average molecular weight is 385 g/mol. The molecule has 156 valence electrons. The van der Waals surface area contributed by atoms with Crippen LogP contribution in [0.1, 0.15) is 107 Å². The minimum absolute atomic E-state index is 0.383. The number of hydrogen-bond acceptors (Lipinski definition) is 2. The zero-order valence-electron chi connectivity index (χ0n) is 18.6. The van der Waals surface area contributed by atoms with Crippen LogP contribution in [0.15, 0.2) is 18.2 Å². The number of unbranched alkanes of at least 4 members (excludes halogenated alkanes) is 4. The normalized spacial score (nSPS) is 11.3. The molecule has 0 heterocycles. The summed E-state index contributed by atoms with van der Waals surface area (Å²) in [5.74, 6) is 0.767. The first-order valence-electron chi connectivity index (χ1n) is 11.3. The number of ketones is 2. The zero-order chi connectivity index (χ0) is 20.8. The van der Waals surface area contributed by atoms with Crippen LogP contribution >= 0.6 is 0 Å². The Kier molecular flexibility index (Phi) is 12.4. The molecule has 1 aromatic rings. The number of carbonyl (C=O) groups is 2. The Morgan fingerprint density at radius 1 is 0.786 bits per heavy atom. The molecule has 0 radical (unpaired) electrons. The van der Waals surface area contributed by atoms with Crippen LogP contribution in [0, 0.1) is 6.92 Å². The third kappa shape index (κ3) is 9.48. The van der Waals surface area contributed by atoms with Gasteiger partial charge in [-0.3, -0.25) is 9.59 Å². The van der Waals surface area contributed by atoms with Crippen LogP contribution in [0.4, 0.5) is 0 Å². The van der Waals surface area contributed by atoms with Gasteiger partial charge in [-0.1, -0.05) is 51.0 Å². The van der Waals surface area contributed by atoms with Crippen LogP contribution in [0.25, 0.3) is 6.08 Å². The van der Waals surface area contributed by atoms with E-state index in [0.717, 1.165) is 64.2 Å². The Bertz CT molecular complexity index is 640. The van der Waals surface area contributed by atoms with Crippen molar-refractivity contribution in [2.24, 2.45) is 0 Å². The van der Waals surface area contributed by atoms with E-state index in [2.05, 4.69) is 38.1 Å². The van der Waals surface area contributed by atoms with Crippen molar-refractivity contribution in [1.29, 1.82) is 0 Å². The fraction of sp³-hybridized carbons (Fsp3) is 0.615. The summed E-state index contributed by atoms with van der Waals surface area (Å²) >= 11 is 0. The second-order valence-electron chi connectivity index (χ2n) is 7.88. The highest BCUT2D eigenvalue weighted by molar-refractivity contribution is 5.78. The summed E-state index contributed by atoms with van der Waals surface area (Å²) in [4.78, 5) is 22.8. The number of aryl methyl sites for hydroxylation is 3. The first kappa shape index (κ1) is 24.3. The summed E-state index contributed by atoms with van der Waals surface area (Å²) in [6.45, 7) is 8.19. The van der Waals surface area contributed by atoms with Crippen LogP contribution in [0.2, 0.25) is 0 Å². The fourth-order valence-electron chi connectivity index (χ4n) is 3.63. The summed E-state index contributed by atoms with van der Waals surface area (Å²) in [5, 5.41) is 0. The van der Waals surface area contributed by atoms with E-state index < -0.39 is 0 Å². The lowest BCUT2D eigenvalue weighted by molar-refractivity contribution is -0.119. The molecule has 28 heavy (non-hydrogen) atoms. The van der Waals surface area contributed by atoms with Gasteiger partial charge in [0, 0.05) is 25.7 Å². The molecule has 2 heteroatoms. The molecule has 2 nitrogen and oxygen atoms in total. The quantitative estimate of drug-likeness (QED) is 0.300. The summed E-state index contributed by atoms with van der Waals surface area (Å²) in [7, 11) is 0. The Morgan fingerprint density at radius 3 is 1.82 bits per heavy atom. The van der Waals surface area contributed by atoms with Gasteiger partial charge in [-0.15, -0.1) is 0 Å². The molecule has 0 amide bonds. The molecule has 1 aromatic carbocycles. The predicted octanol–water partition coefficient (Wildman–Crippen LogP) is 7.19. The molecule has 0 aliphatic heterocycles. The third-order valence-corrected chi connectivity index (χ3v) is 5.54. The maximum atomic E-state index is 11.4. The maximum Gasteiger partial charge on any atom is 0.132 e. The molecule has 0 atom stereocenters. The van der Waals surface area contributed by atoms with Crippen molar-refractivity contribution in [3.05, 3.63) is 40.5 Å². The molecule has 0 saturated heterocycles. The minimum Gasteiger partial charge on any atom is -0.300 e. The minimum atomic E-state index is 0.383. The lowest BCUT2D eigenvalue weighted by atomic mass is 9.92. The maximum absolute atomic E-state index is 11.4. The zero-order valence-corrected chi connectivity index (χ0v) is 18.6. The Labute approximate surface area is 172 Å². The van der Waals surface area contributed by atoms with Crippen molar-refractivity contribution in [3.8, 4) is 0 Å². The van der Waals surface area contributed by atoms with Crippen molar-refractivity contribution in [3.63, 3.8) is 0 Å². The highest BCUT2D eigenvalue weighted by Crippen LogP contribution is 2.22. The smallest absolute Gasteiger partial charge is 0.132 e. The van der Waals surface area contributed by atoms with E-state index in [9.17, 15) is 9.59 Å². The molecule has 0 saturated carbocycles. The molecule has 0 aliphatic carbocycles. The van der Waals surface area contributed by atoms with E-state index in [0.29, 0.717) is 24.4 Å². The number of allylic oxidation sites excluding steroid dienone is 1. The van der Waals surface area contributed by atoms with Crippen molar-refractivity contribution >= 4 is 17.6 Å². The molecule has 0 unspecified atom stereocenters. The van der Waals surface area contributed by atoms with Gasteiger partial charge in [-0.25, -0.2) is 0 Å². The molecule has 1 rings (SSSR count). The van der Waals surface area contributed by atoms with Crippen molar-refractivity contribution in [2.45, 2.75) is 105 Å².